The van der Waals surface area contributed by atoms with E-state index in [4.69, 9.17) is 0 Å². The van der Waals surface area contributed by atoms with Crippen molar-refractivity contribution in [2.75, 3.05) is 0 Å². The lowest BCUT2D eigenvalue weighted by atomic mass is 10.4. The highest BCUT2D eigenvalue weighted by atomic mass is 32.1. The Labute approximate surface area is 64.3 Å². The molecule has 0 spiro atoms. The first-order valence-electron chi connectivity index (χ1n) is 2.43. The zero-order chi connectivity index (χ0) is 8.15. The van der Waals surface area contributed by atoms with E-state index in [9.17, 15) is 10.1 Å². The first-order chi connectivity index (χ1) is 4.54. The number of hydrogen-bond donors (Lipinski definition) is 1. The number of allylic oxidation sites excluding steroid dienone is 2. The molecule has 4 heteroatoms. The highest BCUT2D eigenvalue weighted by Gasteiger charge is 1.97. The summed E-state index contributed by atoms with van der Waals surface area (Å²) in [6.45, 7) is 6.57. The van der Waals surface area contributed by atoms with Gasteiger partial charge in [-0.25, -0.2) is 0 Å². The fourth-order valence-electron chi connectivity index (χ4n) is 0.253. The second-order valence-corrected chi connectivity index (χ2v) is 2.15. The van der Waals surface area contributed by atoms with Gasteiger partial charge in [-0.2, -0.15) is 0 Å². The molecule has 0 rings (SSSR count). The van der Waals surface area contributed by atoms with Crippen molar-refractivity contribution in [1.82, 2.24) is 0 Å². The molecule has 0 saturated heterocycles. The topological polar surface area (TPSA) is 43.1 Å². The van der Waals surface area contributed by atoms with E-state index in [1.165, 1.54) is 12.2 Å². The maximum Gasteiger partial charge on any atom is 0.262 e. The quantitative estimate of drug-likeness (QED) is 0.293. The molecule has 0 aliphatic rings. The van der Waals surface area contributed by atoms with Gasteiger partial charge in [-0.1, -0.05) is 6.58 Å². The number of thiol groups is 1. The van der Waals surface area contributed by atoms with E-state index in [1.807, 2.05) is 0 Å². The van der Waals surface area contributed by atoms with Gasteiger partial charge in [-0.3, -0.25) is 10.1 Å². The largest absolute Gasteiger partial charge is 0.262 e. The van der Waals surface area contributed by atoms with Crippen molar-refractivity contribution >= 4 is 12.6 Å². The molecule has 0 heterocycles. The summed E-state index contributed by atoms with van der Waals surface area (Å²) in [5.41, 5.74) is -0.171. The Bertz CT molecular complexity index is 208. The molecule has 0 atom stereocenters. The van der Waals surface area contributed by atoms with Gasteiger partial charge in [0.2, 0.25) is 0 Å². The van der Waals surface area contributed by atoms with Gasteiger partial charge in [0.15, 0.2) is 0 Å². The maximum absolute atomic E-state index is 9.91. The van der Waals surface area contributed by atoms with Gasteiger partial charge in [-0.05, 0) is 17.6 Å². The second kappa shape index (κ2) is 3.90. The van der Waals surface area contributed by atoms with Gasteiger partial charge in [0, 0.05) is 6.08 Å². The number of hydrogen-bond acceptors (Lipinski definition) is 3. The normalized spacial score (nSPS) is 9.70. The minimum atomic E-state index is -0.576. The number of rotatable bonds is 3. The molecule has 0 aliphatic heterocycles. The average Bonchev–Trinajstić information content (AvgIpc) is 1.82. The van der Waals surface area contributed by atoms with E-state index in [2.05, 4.69) is 25.8 Å². The van der Waals surface area contributed by atoms with Gasteiger partial charge in [0.25, 0.3) is 5.70 Å². The molecule has 0 bridgehead atoms. The fourth-order valence-corrected chi connectivity index (χ4v) is 0.328. The van der Waals surface area contributed by atoms with E-state index in [1.54, 1.807) is 0 Å². The van der Waals surface area contributed by atoms with E-state index < -0.39 is 4.92 Å². The Morgan fingerprint density at radius 2 is 2.00 bits per heavy atom. The van der Waals surface area contributed by atoms with Crippen LogP contribution in [0, 0.1) is 10.1 Å². The lowest BCUT2D eigenvalue weighted by molar-refractivity contribution is -0.418. The Kier molecular flexibility index (Phi) is 3.49. The van der Waals surface area contributed by atoms with E-state index >= 15 is 0 Å². The van der Waals surface area contributed by atoms with Gasteiger partial charge in [0.1, 0.15) is 0 Å². The third-order valence-electron chi connectivity index (χ3n) is 0.703. The molecule has 0 aromatic heterocycles. The predicted molar refractivity (Wildman–Crippen MR) is 43.4 cm³/mol. The maximum atomic E-state index is 9.91. The van der Waals surface area contributed by atoms with Crippen LogP contribution in [0.5, 0.6) is 0 Å². The predicted octanol–water partition coefficient (Wildman–Crippen LogP) is 1.78. The molecule has 0 unspecified atom stereocenters. The standard InChI is InChI=1S/C6H7NO2S/c1-5(7(8)9)3-4-6(2)10/h3-4,10H,1-2H2/b4-3-. The van der Waals surface area contributed by atoms with Crippen LogP contribution in [0.25, 0.3) is 0 Å². The SMILES string of the molecule is C=C(S)/C=C\C(=C)[N+](=O)[O-]. The minimum absolute atomic E-state index is 0.171. The van der Waals surface area contributed by atoms with Crippen molar-refractivity contribution in [2.45, 2.75) is 0 Å². The molecule has 0 radical (unpaired) electrons. The highest BCUT2D eigenvalue weighted by molar-refractivity contribution is 7.84. The average molecular weight is 157 g/mol. The zero-order valence-corrected chi connectivity index (χ0v) is 6.17. The van der Waals surface area contributed by atoms with Crippen molar-refractivity contribution in [3.8, 4) is 0 Å². The summed E-state index contributed by atoms with van der Waals surface area (Å²) >= 11 is 3.80. The summed E-state index contributed by atoms with van der Waals surface area (Å²) < 4.78 is 0. The Morgan fingerprint density at radius 1 is 1.50 bits per heavy atom. The van der Waals surface area contributed by atoms with E-state index in [0.29, 0.717) is 4.91 Å². The summed E-state index contributed by atoms with van der Waals surface area (Å²) in [6, 6.07) is 0. The molecular weight excluding hydrogens is 150 g/mol. The Balaban J connectivity index is 4.03. The van der Waals surface area contributed by atoms with Gasteiger partial charge in [0.05, 0.1) is 4.92 Å². The fraction of sp³-hybridized carbons (Fsp3) is 0. The highest BCUT2D eigenvalue weighted by Crippen LogP contribution is 2.00. The van der Waals surface area contributed by atoms with Gasteiger partial charge in [-0.15, -0.1) is 12.6 Å². The Hall–Kier alpha value is -1.03. The molecule has 0 aliphatic carbocycles. The minimum Gasteiger partial charge on any atom is -0.258 e. The summed E-state index contributed by atoms with van der Waals surface area (Å²) in [7, 11) is 0. The van der Waals surface area contributed by atoms with Crippen LogP contribution in [0.15, 0.2) is 35.9 Å². The van der Waals surface area contributed by atoms with Crippen molar-refractivity contribution < 1.29 is 4.92 Å². The molecule has 3 nitrogen and oxygen atoms in total. The van der Waals surface area contributed by atoms with Gasteiger partial charge >= 0.3 is 0 Å². The lowest BCUT2D eigenvalue weighted by Crippen LogP contribution is -1.91. The molecule has 0 fully saturated rings. The van der Waals surface area contributed by atoms with E-state index in [0.717, 1.165) is 0 Å². The summed E-state index contributed by atoms with van der Waals surface area (Å²) in [6.07, 6.45) is 2.66. The van der Waals surface area contributed by atoms with Crippen LogP contribution in [0.1, 0.15) is 0 Å². The van der Waals surface area contributed by atoms with Crippen LogP contribution >= 0.6 is 12.6 Å². The van der Waals surface area contributed by atoms with Gasteiger partial charge < -0.3 is 0 Å². The molecule has 0 saturated carbocycles. The first-order valence-corrected chi connectivity index (χ1v) is 2.88. The summed E-state index contributed by atoms with van der Waals surface area (Å²) in [4.78, 5) is 9.80. The molecular formula is C6H7NO2S. The van der Waals surface area contributed by atoms with Crippen LogP contribution in [-0.2, 0) is 0 Å². The summed E-state index contributed by atoms with van der Waals surface area (Å²) in [5.74, 6) is 0. The van der Waals surface area contributed by atoms with Crippen LogP contribution in [0.4, 0.5) is 0 Å². The van der Waals surface area contributed by atoms with Crippen LogP contribution in [0.2, 0.25) is 0 Å². The monoisotopic (exact) mass is 157 g/mol. The summed E-state index contributed by atoms with van der Waals surface area (Å²) in [5, 5.41) is 9.91. The molecule has 54 valence electrons. The van der Waals surface area contributed by atoms with Crippen molar-refractivity contribution in [3.05, 3.63) is 46.0 Å². The number of nitrogens with zero attached hydrogens (tertiary/aromatic N) is 1. The molecule has 0 N–H and O–H groups in total. The first kappa shape index (κ1) is 8.97. The number of nitro groups is 1. The van der Waals surface area contributed by atoms with E-state index in [-0.39, 0.29) is 5.70 Å². The van der Waals surface area contributed by atoms with Crippen molar-refractivity contribution in [1.29, 1.82) is 0 Å². The third-order valence-corrected chi connectivity index (χ3v) is 0.852. The molecule has 10 heavy (non-hydrogen) atoms. The lowest BCUT2D eigenvalue weighted by Gasteiger charge is -1.85. The molecule has 0 aromatic rings. The van der Waals surface area contributed by atoms with Crippen LogP contribution < -0.4 is 0 Å². The van der Waals surface area contributed by atoms with Crippen LogP contribution in [0.3, 0.4) is 0 Å². The third kappa shape index (κ3) is 3.91. The van der Waals surface area contributed by atoms with Crippen molar-refractivity contribution in [2.24, 2.45) is 0 Å². The molecule has 0 amide bonds. The molecule has 0 aromatic carbocycles. The smallest absolute Gasteiger partial charge is 0.258 e. The van der Waals surface area contributed by atoms with Crippen molar-refractivity contribution in [3.63, 3.8) is 0 Å². The zero-order valence-electron chi connectivity index (χ0n) is 5.28. The van der Waals surface area contributed by atoms with Crippen LogP contribution in [-0.4, -0.2) is 4.92 Å². The Morgan fingerprint density at radius 3 is 2.30 bits per heavy atom. The second-order valence-electron chi connectivity index (χ2n) is 1.57.